The number of carbonyl (C=O) groups excluding carboxylic acids is 2. The van der Waals surface area contributed by atoms with E-state index in [2.05, 4.69) is 10.6 Å². The summed E-state index contributed by atoms with van der Waals surface area (Å²) in [5, 5.41) is 7.72. The van der Waals surface area contributed by atoms with Crippen molar-refractivity contribution in [2.75, 3.05) is 25.6 Å². The van der Waals surface area contributed by atoms with Gasteiger partial charge in [0.05, 0.1) is 11.3 Å². The van der Waals surface area contributed by atoms with Crippen molar-refractivity contribution in [1.29, 1.82) is 0 Å². The number of urea groups is 1. The molecule has 1 heterocycles. The van der Waals surface area contributed by atoms with Crippen LogP contribution in [0.15, 0.2) is 29.6 Å². The quantitative estimate of drug-likeness (QED) is 0.511. The van der Waals surface area contributed by atoms with Crippen molar-refractivity contribution >= 4 is 29.0 Å². The van der Waals surface area contributed by atoms with Crippen molar-refractivity contribution in [2.24, 2.45) is 11.5 Å². The third-order valence-electron chi connectivity index (χ3n) is 3.55. The van der Waals surface area contributed by atoms with Crippen LogP contribution in [0.4, 0.5) is 10.5 Å². The predicted octanol–water partition coefficient (Wildman–Crippen LogP) is 2.13. The van der Waals surface area contributed by atoms with Crippen LogP contribution >= 0.6 is 11.3 Å². The number of ether oxygens (including phenoxy) is 1. The van der Waals surface area contributed by atoms with E-state index in [1.54, 1.807) is 18.6 Å². The second-order valence-corrected chi connectivity index (χ2v) is 6.34. The van der Waals surface area contributed by atoms with Gasteiger partial charge in [-0.25, -0.2) is 4.79 Å². The molecule has 7 nitrogen and oxygen atoms in total. The zero-order valence-electron chi connectivity index (χ0n) is 14.0. The van der Waals surface area contributed by atoms with Gasteiger partial charge < -0.3 is 26.8 Å². The summed E-state index contributed by atoms with van der Waals surface area (Å²) in [4.78, 5) is 23.6. The summed E-state index contributed by atoms with van der Waals surface area (Å²) in [6.07, 6.45) is 0.915. The highest BCUT2D eigenvalue weighted by Gasteiger charge is 2.16. The number of nitrogens with one attached hydrogen (secondary N) is 2. The minimum absolute atomic E-state index is 0.419. The maximum atomic E-state index is 11.6. The monoisotopic (exact) mass is 362 g/mol. The standard InChI is InChI=1S/C17H22N4O3S/c1-24-7-2-6-20-10-11-3-4-12(14(9-11)21-17(19)23)15-13(16(18)22)5-8-25-15/h3-5,8-9,20H,2,6-7,10H2,1H3,(H2,18,22)(H3,19,21,23). The molecule has 0 unspecified atom stereocenters. The van der Waals surface area contributed by atoms with E-state index in [1.807, 2.05) is 18.2 Å². The average Bonchev–Trinajstić information content (AvgIpc) is 3.04. The SMILES string of the molecule is COCCCNCc1ccc(-c2sccc2C(N)=O)c(NC(N)=O)c1. The molecule has 0 bridgehead atoms. The van der Waals surface area contributed by atoms with Crippen LogP contribution in [0.25, 0.3) is 10.4 Å². The smallest absolute Gasteiger partial charge is 0.316 e. The van der Waals surface area contributed by atoms with Crippen LogP contribution in [-0.2, 0) is 11.3 Å². The van der Waals surface area contributed by atoms with Gasteiger partial charge in [-0.2, -0.15) is 0 Å². The molecule has 2 rings (SSSR count). The second-order valence-electron chi connectivity index (χ2n) is 5.42. The van der Waals surface area contributed by atoms with Gasteiger partial charge in [-0.05, 0) is 36.0 Å². The highest BCUT2D eigenvalue weighted by Crippen LogP contribution is 2.35. The molecule has 8 heteroatoms. The van der Waals surface area contributed by atoms with Crippen LogP contribution < -0.4 is 22.1 Å². The van der Waals surface area contributed by atoms with E-state index in [-0.39, 0.29) is 0 Å². The van der Waals surface area contributed by atoms with Gasteiger partial charge in [0, 0.05) is 30.7 Å². The fraction of sp³-hybridized carbons (Fsp3) is 0.294. The van der Waals surface area contributed by atoms with Gasteiger partial charge in [-0.1, -0.05) is 12.1 Å². The van der Waals surface area contributed by atoms with Crippen LogP contribution in [0.2, 0.25) is 0 Å². The van der Waals surface area contributed by atoms with E-state index >= 15 is 0 Å². The normalized spacial score (nSPS) is 10.6. The molecule has 2 aromatic rings. The molecule has 0 spiro atoms. The van der Waals surface area contributed by atoms with Gasteiger partial charge in [0.25, 0.3) is 0 Å². The summed E-state index contributed by atoms with van der Waals surface area (Å²) in [7, 11) is 1.67. The van der Waals surface area contributed by atoms with E-state index < -0.39 is 11.9 Å². The molecule has 134 valence electrons. The Bertz CT molecular complexity index is 745. The van der Waals surface area contributed by atoms with Gasteiger partial charge in [-0.15, -0.1) is 11.3 Å². The van der Waals surface area contributed by atoms with E-state index in [9.17, 15) is 9.59 Å². The van der Waals surface area contributed by atoms with Gasteiger partial charge in [0.1, 0.15) is 0 Å². The summed E-state index contributed by atoms with van der Waals surface area (Å²) in [5.41, 5.74) is 13.4. The molecule has 0 aliphatic heterocycles. The first kappa shape index (κ1) is 18.9. The number of hydrogen-bond acceptors (Lipinski definition) is 5. The number of benzene rings is 1. The van der Waals surface area contributed by atoms with Gasteiger partial charge in [0.2, 0.25) is 5.91 Å². The number of thiophene rings is 1. The van der Waals surface area contributed by atoms with Crippen molar-refractivity contribution in [3.8, 4) is 10.4 Å². The van der Waals surface area contributed by atoms with Gasteiger partial charge in [-0.3, -0.25) is 4.79 Å². The fourth-order valence-electron chi connectivity index (χ4n) is 2.42. The summed E-state index contributed by atoms with van der Waals surface area (Å²) < 4.78 is 5.01. The topological polar surface area (TPSA) is 119 Å². The fourth-order valence-corrected chi connectivity index (χ4v) is 3.36. The molecule has 6 N–H and O–H groups in total. The van der Waals surface area contributed by atoms with Crippen LogP contribution in [0.5, 0.6) is 0 Å². The van der Waals surface area contributed by atoms with Crippen molar-refractivity contribution in [3.05, 3.63) is 40.8 Å². The number of amides is 3. The Balaban J connectivity index is 2.23. The minimum atomic E-state index is -0.663. The molecule has 1 aromatic heterocycles. The molecule has 0 saturated carbocycles. The molecule has 0 fully saturated rings. The lowest BCUT2D eigenvalue weighted by atomic mass is 10.0. The van der Waals surface area contributed by atoms with Crippen LogP contribution in [0.3, 0.4) is 0 Å². The van der Waals surface area contributed by atoms with Crippen LogP contribution in [0, 0.1) is 0 Å². The number of primary amides is 2. The third kappa shape index (κ3) is 5.28. The third-order valence-corrected chi connectivity index (χ3v) is 4.50. The Labute approximate surface area is 150 Å². The average molecular weight is 362 g/mol. The first-order chi connectivity index (χ1) is 12.0. The van der Waals surface area contributed by atoms with E-state index in [1.165, 1.54) is 11.3 Å². The van der Waals surface area contributed by atoms with Crippen LogP contribution in [0.1, 0.15) is 22.3 Å². The molecular formula is C17H22N4O3S. The molecular weight excluding hydrogens is 340 g/mol. The molecule has 1 aromatic carbocycles. The maximum absolute atomic E-state index is 11.6. The zero-order chi connectivity index (χ0) is 18.2. The Morgan fingerprint density at radius 1 is 1.24 bits per heavy atom. The van der Waals surface area contributed by atoms with Crippen molar-refractivity contribution in [1.82, 2.24) is 5.32 Å². The van der Waals surface area contributed by atoms with Gasteiger partial charge >= 0.3 is 6.03 Å². The lowest BCUT2D eigenvalue weighted by Crippen LogP contribution is -2.20. The number of carbonyl (C=O) groups is 2. The molecule has 0 aliphatic rings. The predicted molar refractivity (Wildman–Crippen MR) is 99.7 cm³/mol. The Morgan fingerprint density at radius 3 is 2.72 bits per heavy atom. The van der Waals surface area contributed by atoms with Crippen molar-refractivity contribution in [2.45, 2.75) is 13.0 Å². The number of rotatable bonds is 9. The van der Waals surface area contributed by atoms with E-state index in [0.29, 0.717) is 34.8 Å². The largest absolute Gasteiger partial charge is 0.385 e. The van der Waals surface area contributed by atoms with Gasteiger partial charge in [0.15, 0.2) is 0 Å². The molecule has 0 saturated heterocycles. The van der Waals surface area contributed by atoms with Crippen LogP contribution in [-0.4, -0.2) is 32.2 Å². The lowest BCUT2D eigenvalue weighted by molar-refractivity contribution is 0.100. The summed E-state index contributed by atoms with van der Waals surface area (Å²) >= 11 is 1.38. The van der Waals surface area contributed by atoms with Crippen molar-refractivity contribution in [3.63, 3.8) is 0 Å². The number of methoxy groups -OCH3 is 1. The number of nitrogens with two attached hydrogens (primary N) is 2. The minimum Gasteiger partial charge on any atom is -0.385 e. The van der Waals surface area contributed by atoms with E-state index in [4.69, 9.17) is 16.2 Å². The Hall–Kier alpha value is -2.42. The number of anilines is 1. The zero-order valence-corrected chi connectivity index (χ0v) is 14.8. The Morgan fingerprint density at radius 2 is 2.04 bits per heavy atom. The molecule has 0 aliphatic carbocycles. The molecule has 0 atom stereocenters. The Kier molecular flexibility index (Phi) is 6.93. The van der Waals surface area contributed by atoms with Crippen molar-refractivity contribution < 1.29 is 14.3 Å². The summed E-state index contributed by atoms with van der Waals surface area (Å²) in [6.45, 7) is 2.17. The van der Waals surface area contributed by atoms with E-state index in [0.717, 1.165) is 18.5 Å². The summed E-state index contributed by atoms with van der Waals surface area (Å²) in [6, 6.07) is 6.64. The second kappa shape index (κ2) is 9.16. The first-order valence-corrected chi connectivity index (χ1v) is 8.67. The molecule has 3 amide bonds. The molecule has 0 radical (unpaired) electrons. The highest BCUT2D eigenvalue weighted by atomic mass is 32.1. The summed E-state index contributed by atoms with van der Waals surface area (Å²) in [5.74, 6) is -0.509. The maximum Gasteiger partial charge on any atom is 0.316 e. The molecule has 25 heavy (non-hydrogen) atoms. The lowest BCUT2D eigenvalue weighted by Gasteiger charge is -2.13. The highest BCUT2D eigenvalue weighted by molar-refractivity contribution is 7.14. The first-order valence-electron chi connectivity index (χ1n) is 7.79. The number of hydrogen-bond donors (Lipinski definition) is 4.